The normalized spacial score (nSPS) is 10.4. The number of thiophene rings is 1. The number of rotatable bonds is 7. The molecule has 0 radical (unpaired) electrons. The molecule has 6 heteroatoms. The van der Waals surface area contributed by atoms with Crippen LogP contribution < -0.4 is 15.8 Å². The topological polar surface area (TPSA) is 71.1 Å². The van der Waals surface area contributed by atoms with Crippen LogP contribution in [0.5, 0.6) is 5.75 Å². The van der Waals surface area contributed by atoms with Gasteiger partial charge >= 0.3 is 0 Å². The van der Waals surface area contributed by atoms with E-state index in [0.717, 1.165) is 32.5 Å². The van der Waals surface area contributed by atoms with E-state index in [-0.39, 0.29) is 5.84 Å². The van der Waals surface area contributed by atoms with Crippen molar-refractivity contribution in [2.45, 2.75) is 11.5 Å². The van der Waals surface area contributed by atoms with Gasteiger partial charge in [-0.15, -0.1) is 23.1 Å². The Hall–Kier alpha value is -2.44. The maximum Gasteiger partial charge on any atom is 0.134 e. The molecule has 0 saturated heterocycles. The van der Waals surface area contributed by atoms with Crippen molar-refractivity contribution in [3.8, 4) is 5.75 Å². The highest BCUT2D eigenvalue weighted by atomic mass is 32.2. The van der Waals surface area contributed by atoms with Crippen LogP contribution in [0.3, 0.4) is 0 Å². The first-order valence-corrected chi connectivity index (χ1v) is 9.81. The fourth-order valence-electron chi connectivity index (χ4n) is 2.38. The minimum absolute atomic E-state index is 0.0994. The third-order valence-electron chi connectivity index (χ3n) is 3.56. The molecule has 4 N–H and O–H groups in total. The molecule has 0 atom stereocenters. The lowest BCUT2D eigenvalue weighted by Gasteiger charge is -2.10. The van der Waals surface area contributed by atoms with Crippen LogP contribution in [0.4, 0.5) is 11.4 Å². The lowest BCUT2D eigenvalue weighted by Crippen LogP contribution is -2.10. The van der Waals surface area contributed by atoms with Crippen molar-refractivity contribution in [2.24, 2.45) is 5.73 Å². The van der Waals surface area contributed by atoms with Crippen molar-refractivity contribution in [1.29, 1.82) is 5.41 Å². The summed E-state index contributed by atoms with van der Waals surface area (Å²) in [4.78, 5) is 1.79. The van der Waals surface area contributed by atoms with E-state index in [1.165, 1.54) is 11.3 Å². The molecule has 3 aromatic rings. The maximum absolute atomic E-state index is 7.67. The fraction of sp³-hybridized carbons (Fsp3) is 0.105. The van der Waals surface area contributed by atoms with Crippen LogP contribution in [-0.4, -0.2) is 12.1 Å². The molecule has 128 valence electrons. The monoisotopic (exact) mass is 369 g/mol. The lowest BCUT2D eigenvalue weighted by atomic mass is 10.2. The van der Waals surface area contributed by atoms with Gasteiger partial charge in [0.05, 0.1) is 15.5 Å². The zero-order chi connectivity index (χ0) is 17.6. The molecule has 25 heavy (non-hydrogen) atoms. The number of hydrogen-bond acceptors (Lipinski definition) is 5. The second-order valence-electron chi connectivity index (χ2n) is 5.35. The number of anilines is 2. The van der Waals surface area contributed by atoms with Crippen molar-refractivity contribution in [3.63, 3.8) is 0 Å². The first kappa shape index (κ1) is 17.4. The van der Waals surface area contributed by atoms with Gasteiger partial charge in [-0.1, -0.05) is 36.4 Å². The third-order valence-corrected chi connectivity index (χ3v) is 5.53. The average Bonchev–Trinajstić information content (AvgIpc) is 3.04. The summed E-state index contributed by atoms with van der Waals surface area (Å²) < 4.78 is 5.87. The minimum Gasteiger partial charge on any atom is -0.489 e. The smallest absolute Gasteiger partial charge is 0.134 e. The first-order valence-electron chi connectivity index (χ1n) is 7.71. The largest absolute Gasteiger partial charge is 0.489 e. The molecule has 3 rings (SSSR count). The van der Waals surface area contributed by atoms with Gasteiger partial charge in [0.25, 0.3) is 0 Å². The van der Waals surface area contributed by atoms with E-state index in [0.29, 0.717) is 6.61 Å². The molecule has 1 heterocycles. The summed E-state index contributed by atoms with van der Waals surface area (Å²) in [6, 6.07) is 17.9. The number of nitrogens with two attached hydrogens (primary N) is 1. The van der Waals surface area contributed by atoms with Crippen molar-refractivity contribution in [1.82, 2.24) is 0 Å². The number of ether oxygens (including phenoxy) is 1. The van der Waals surface area contributed by atoms with Crippen LogP contribution in [0.25, 0.3) is 0 Å². The van der Waals surface area contributed by atoms with E-state index in [1.54, 1.807) is 11.8 Å². The van der Waals surface area contributed by atoms with Crippen LogP contribution >= 0.6 is 23.1 Å². The van der Waals surface area contributed by atoms with E-state index in [1.807, 2.05) is 66.2 Å². The zero-order valence-corrected chi connectivity index (χ0v) is 15.4. The Labute approximate surface area is 155 Å². The summed E-state index contributed by atoms with van der Waals surface area (Å²) in [5.74, 6) is 0.906. The molecule has 0 aliphatic carbocycles. The number of nitrogen functional groups attached to an aromatic ring is 1. The highest BCUT2D eigenvalue weighted by Gasteiger charge is 2.13. The van der Waals surface area contributed by atoms with E-state index in [9.17, 15) is 0 Å². The standard InChI is InChI=1S/C19H19N3OS2/c1-24-17-16(12-25-18(17)19(20)21)22-14-8-5-9-15(10-14)23-11-13-6-3-2-4-7-13/h2-10,12,22H,11H2,1H3,(H3,20,21). The molecule has 0 spiro atoms. The summed E-state index contributed by atoms with van der Waals surface area (Å²) in [7, 11) is 0. The van der Waals surface area contributed by atoms with Gasteiger partial charge in [-0.2, -0.15) is 0 Å². The zero-order valence-electron chi connectivity index (χ0n) is 13.8. The van der Waals surface area contributed by atoms with E-state index < -0.39 is 0 Å². The second kappa shape index (κ2) is 8.09. The van der Waals surface area contributed by atoms with E-state index in [2.05, 4.69) is 5.32 Å². The molecule has 0 amide bonds. The van der Waals surface area contributed by atoms with Gasteiger partial charge in [-0.25, -0.2) is 0 Å². The Morgan fingerprint density at radius 2 is 2.00 bits per heavy atom. The molecule has 0 saturated carbocycles. The van der Waals surface area contributed by atoms with Crippen LogP contribution in [0.1, 0.15) is 10.4 Å². The minimum atomic E-state index is 0.0994. The van der Waals surface area contributed by atoms with Gasteiger partial charge in [-0.3, -0.25) is 5.41 Å². The van der Waals surface area contributed by atoms with Gasteiger partial charge < -0.3 is 15.8 Å². The Morgan fingerprint density at radius 3 is 2.72 bits per heavy atom. The molecule has 4 nitrogen and oxygen atoms in total. The van der Waals surface area contributed by atoms with Crippen LogP contribution in [0.15, 0.2) is 64.9 Å². The Morgan fingerprint density at radius 1 is 1.20 bits per heavy atom. The van der Waals surface area contributed by atoms with Crippen molar-refractivity contribution < 1.29 is 4.74 Å². The fourth-order valence-corrected chi connectivity index (χ4v) is 4.23. The van der Waals surface area contributed by atoms with Gasteiger partial charge in [0.1, 0.15) is 18.2 Å². The van der Waals surface area contributed by atoms with Crippen molar-refractivity contribution in [3.05, 3.63) is 70.4 Å². The predicted octanol–water partition coefficient (Wildman–Crippen LogP) is 5.08. The molecule has 1 aromatic heterocycles. The van der Waals surface area contributed by atoms with Gasteiger partial charge in [0, 0.05) is 17.1 Å². The van der Waals surface area contributed by atoms with Crippen molar-refractivity contribution >= 4 is 40.3 Å². The molecule has 0 bridgehead atoms. The predicted molar refractivity (Wildman–Crippen MR) is 108 cm³/mol. The Balaban J connectivity index is 1.73. The van der Waals surface area contributed by atoms with Crippen molar-refractivity contribution in [2.75, 3.05) is 11.6 Å². The SMILES string of the molecule is CSc1c(Nc2cccc(OCc3ccccc3)c2)csc1C(=N)N. The number of thioether (sulfide) groups is 1. The molecule has 0 aliphatic heterocycles. The third kappa shape index (κ3) is 4.35. The Kier molecular flexibility index (Phi) is 5.63. The Bertz CT molecular complexity index is 862. The molecular weight excluding hydrogens is 350 g/mol. The molecule has 0 aliphatic rings. The summed E-state index contributed by atoms with van der Waals surface area (Å²) >= 11 is 3.06. The molecule has 2 aromatic carbocycles. The summed E-state index contributed by atoms with van der Waals surface area (Å²) in [5, 5.41) is 13.1. The average molecular weight is 370 g/mol. The highest BCUT2D eigenvalue weighted by Crippen LogP contribution is 2.36. The second-order valence-corrected chi connectivity index (χ2v) is 7.05. The molecule has 0 fully saturated rings. The number of amidine groups is 1. The summed E-state index contributed by atoms with van der Waals surface area (Å²) in [5.41, 5.74) is 8.68. The molecular formula is C19H19N3OS2. The maximum atomic E-state index is 7.67. The molecule has 0 unspecified atom stereocenters. The number of hydrogen-bond donors (Lipinski definition) is 3. The van der Waals surface area contributed by atoms with Crippen LogP contribution in [0.2, 0.25) is 0 Å². The summed E-state index contributed by atoms with van der Waals surface area (Å²) in [6.45, 7) is 0.535. The van der Waals surface area contributed by atoms with Crippen LogP contribution in [-0.2, 0) is 6.61 Å². The quantitative estimate of drug-likeness (QED) is 0.309. The van der Waals surface area contributed by atoms with E-state index in [4.69, 9.17) is 15.9 Å². The summed E-state index contributed by atoms with van der Waals surface area (Å²) in [6.07, 6.45) is 1.99. The number of nitrogens with one attached hydrogen (secondary N) is 2. The van der Waals surface area contributed by atoms with E-state index >= 15 is 0 Å². The first-order chi connectivity index (χ1) is 12.2. The van der Waals surface area contributed by atoms with Gasteiger partial charge in [-0.05, 0) is 24.0 Å². The van der Waals surface area contributed by atoms with Gasteiger partial charge in [0.15, 0.2) is 0 Å². The lowest BCUT2D eigenvalue weighted by molar-refractivity contribution is 0.306. The number of benzene rings is 2. The van der Waals surface area contributed by atoms with Crippen LogP contribution in [0, 0.1) is 5.41 Å². The van der Waals surface area contributed by atoms with Gasteiger partial charge in [0.2, 0.25) is 0 Å². The highest BCUT2D eigenvalue weighted by molar-refractivity contribution is 7.99.